The summed E-state index contributed by atoms with van der Waals surface area (Å²) >= 11 is 6.16. The number of rotatable bonds is 2. The van der Waals surface area contributed by atoms with E-state index in [1.807, 2.05) is 33.8 Å². The smallest absolute Gasteiger partial charge is 0.182 e. The van der Waals surface area contributed by atoms with Crippen molar-refractivity contribution in [3.8, 4) is 0 Å². The minimum atomic E-state index is -0.874. The Balaban J connectivity index is 0.000000924. The van der Waals surface area contributed by atoms with Crippen molar-refractivity contribution in [2.24, 2.45) is 0 Å². The van der Waals surface area contributed by atoms with E-state index in [-0.39, 0.29) is 11.7 Å². The van der Waals surface area contributed by atoms with Crippen LogP contribution < -0.4 is 10.6 Å². The summed E-state index contributed by atoms with van der Waals surface area (Å²) < 4.78 is 28.0. The van der Waals surface area contributed by atoms with Crippen LogP contribution in [-0.4, -0.2) is 0 Å². The average molecular weight is 339 g/mol. The molecule has 0 fully saturated rings. The molecule has 0 bridgehead atoms. The lowest BCUT2D eigenvalue weighted by molar-refractivity contribution is 0.509. The number of fused-ring (bicyclic) bond motifs is 1. The molecule has 1 aliphatic heterocycles. The Kier molecular flexibility index (Phi) is 5.60. The number of aryl methyl sites for hydroxylation is 1. The normalized spacial score (nSPS) is 15.7. The largest absolute Gasteiger partial charge is 0.352 e. The Morgan fingerprint density at radius 2 is 1.91 bits per heavy atom. The van der Waals surface area contributed by atoms with Crippen LogP contribution in [0.3, 0.4) is 0 Å². The SMILES string of the molecule is CC.Cc1ccc(Nc2c(F)c(F)cc3c2CNC3C)c(Cl)c1. The maximum Gasteiger partial charge on any atom is 0.182 e. The molecule has 1 heterocycles. The van der Waals surface area contributed by atoms with Crippen molar-refractivity contribution < 1.29 is 8.78 Å². The van der Waals surface area contributed by atoms with Gasteiger partial charge in [0.2, 0.25) is 0 Å². The summed E-state index contributed by atoms with van der Waals surface area (Å²) in [6, 6.07) is 6.68. The Morgan fingerprint density at radius 3 is 2.57 bits per heavy atom. The molecule has 5 heteroatoms. The van der Waals surface area contributed by atoms with Crippen LogP contribution in [0.4, 0.5) is 20.2 Å². The third-order valence-corrected chi connectivity index (χ3v) is 4.11. The van der Waals surface area contributed by atoms with E-state index in [0.717, 1.165) is 16.7 Å². The Labute approximate surface area is 140 Å². The van der Waals surface area contributed by atoms with Gasteiger partial charge in [0.05, 0.1) is 16.4 Å². The minimum Gasteiger partial charge on any atom is -0.352 e. The van der Waals surface area contributed by atoms with E-state index in [1.165, 1.54) is 6.07 Å². The average Bonchev–Trinajstić information content (AvgIpc) is 2.89. The van der Waals surface area contributed by atoms with E-state index < -0.39 is 11.6 Å². The van der Waals surface area contributed by atoms with Gasteiger partial charge in [-0.1, -0.05) is 31.5 Å². The second-order valence-electron chi connectivity index (χ2n) is 5.33. The third kappa shape index (κ3) is 3.48. The summed E-state index contributed by atoms with van der Waals surface area (Å²) in [5.74, 6) is -1.73. The van der Waals surface area contributed by atoms with Crippen molar-refractivity contribution in [3.63, 3.8) is 0 Å². The first-order valence-corrected chi connectivity index (χ1v) is 8.12. The highest BCUT2D eigenvalue weighted by Crippen LogP contribution is 2.37. The lowest BCUT2D eigenvalue weighted by atomic mass is 10.0. The molecule has 1 atom stereocenters. The first kappa shape index (κ1) is 17.7. The highest BCUT2D eigenvalue weighted by Gasteiger charge is 2.26. The van der Waals surface area contributed by atoms with Crippen LogP contribution in [0, 0.1) is 18.6 Å². The summed E-state index contributed by atoms with van der Waals surface area (Å²) in [4.78, 5) is 0. The predicted octanol–water partition coefficient (Wildman–Crippen LogP) is 5.86. The van der Waals surface area contributed by atoms with Gasteiger partial charge in [0.15, 0.2) is 11.6 Å². The Hall–Kier alpha value is -1.65. The standard InChI is InChI=1S/C16H15ClF2N2.C2H6/c1-8-3-4-14(12(17)5-8)21-16-11-7-20-9(2)10(11)6-13(18)15(16)19;1-2/h3-6,9,20-21H,7H2,1-2H3;1-2H3. The van der Waals surface area contributed by atoms with Crippen LogP contribution in [0.25, 0.3) is 0 Å². The number of benzene rings is 2. The van der Waals surface area contributed by atoms with Gasteiger partial charge in [-0.2, -0.15) is 0 Å². The fourth-order valence-corrected chi connectivity index (χ4v) is 2.89. The molecule has 0 spiro atoms. The monoisotopic (exact) mass is 338 g/mol. The molecule has 2 nitrogen and oxygen atoms in total. The van der Waals surface area contributed by atoms with E-state index in [4.69, 9.17) is 11.6 Å². The zero-order chi connectivity index (χ0) is 17.1. The van der Waals surface area contributed by atoms with Crippen LogP contribution in [0.2, 0.25) is 5.02 Å². The summed E-state index contributed by atoms with van der Waals surface area (Å²) in [5.41, 5.74) is 3.25. The molecule has 0 saturated heterocycles. The zero-order valence-electron chi connectivity index (χ0n) is 13.7. The first-order valence-electron chi connectivity index (χ1n) is 7.74. The number of anilines is 2. The summed E-state index contributed by atoms with van der Waals surface area (Å²) in [7, 11) is 0. The van der Waals surface area contributed by atoms with E-state index in [9.17, 15) is 8.78 Å². The second kappa shape index (κ2) is 7.28. The number of nitrogens with one attached hydrogen (secondary N) is 2. The molecule has 3 rings (SSSR count). The molecule has 0 amide bonds. The Bertz CT molecular complexity index is 717. The molecule has 0 radical (unpaired) electrons. The van der Waals surface area contributed by atoms with Crippen molar-refractivity contribution in [1.82, 2.24) is 5.32 Å². The van der Waals surface area contributed by atoms with Crippen molar-refractivity contribution in [3.05, 3.63) is 57.6 Å². The van der Waals surface area contributed by atoms with Crippen molar-refractivity contribution >= 4 is 23.0 Å². The van der Waals surface area contributed by atoms with Crippen LogP contribution in [0.15, 0.2) is 24.3 Å². The highest BCUT2D eigenvalue weighted by molar-refractivity contribution is 6.33. The summed E-state index contributed by atoms with van der Waals surface area (Å²) in [5, 5.41) is 6.60. The minimum absolute atomic E-state index is 0.00383. The molecular formula is C18H21ClF2N2. The molecule has 0 saturated carbocycles. The lowest BCUT2D eigenvalue weighted by Crippen LogP contribution is -2.07. The zero-order valence-corrected chi connectivity index (χ0v) is 14.5. The molecule has 1 unspecified atom stereocenters. The van der Waals surface area contributed by atoms with E-state index in [2.05, 4.69) is 10.6 Å². The van der Waals surface area contributed by atoms with Crippen molar-refractivity contribution in [2.75, 3.05) is 5.32 Å². The fourth-order valence-electron chi connectivity index (χ4n) is 2.61. The topological polar surface area (TPSA) is 24.1 Å². The third-order valence-electron chi connectivity index (χ3n) is 3.80. The van der Waals surface area contributed by atoms with E-state index in [1.54, 1.807) is 12.1 Å². The van der Waals surface area contributed by atoms with Gasteiger partial charge in [-0.25, -0.2) is 8.78 Å². The molecule has 2 aromatic carbocycles. The van der Waals surface area contributed by atoms with Crippen LogP contribution in [-0.2, 0) is 6.54 Å². The molecule has 1 aliphatic rings. The maximum atomic E-state index is 14.2. The molecule has 23 heavy (non-hydrogen) atoms. The van der Waals surface area contributed by atoms with Gasteiger partial charge in [-0.05, 0) is 48.7 Å². The van der Waals surface area contributed by atoms with Gasteiger partial charge in [0.1, 0.15) is 0 Å². The number of hydrogen-bond acceptors (Lipinski definition) is 2. The Morgan fingerprint density at radius 1 is 1.22 bits per heavy atom. The van der Waals surface area contributed by atoms with Crippen molar-refractivity contribution in [2.45, 2.75) is 40.3 Å². The number of halogens is 3. The quantitative estimate of drug-likeness (QED) is 0.716. The van der Waals surface area contributed by atoms with Gasteiger partial charge in [-0.3, -0.25) is 0 Å². The number of hydrogen-bond donors (Lipinski definition) is 2. The maximum absolute atomic E-state index is 14.2. The van der Waals surface area contributed by atoms with E-state index in [0.29, 0.717) is 17.3 Å². The van der Waals surface area contributed by atoms with Crippen molar-refractivity contribution in [1.29, 1.82) is 0 Å². The molecular weight excluding hydrogens is 318 g/mol. The first-order chi connectivity index (χ1) is 11.0. The van der Waals surface area contributed by atoms with E-state index >= 15 is 0 Å². The van der Waals surface area contributed by atoms with Crippen LogP contribution in [0.1, 0.15) is 43.5 Å². The van der Waals surface area contributed by atoms with Gasteiger partial charge < -0.3 is 10.6 Å². The molecule has 0 aromatic heterocycles. The predicted molar refractivity (Wildman–Crippen MR) is 92.4 cm³/mol. The van der Waals surface area contributed by atoms with Gasteiger partial charge >= 0.3 is 0 Å². The van der Waals surface area contributed by atoms with Gasteiger partial charge in [0, 0.05) is 12.6 Å². The van der Waals surface area contributed by atoms with Crippen LogP contribution >= 0.6 is 11.6 Å². The molecule has 0 aliphatic carbocycles. The molecule has 124 valence electrons. The molecule has 2 N–H and O–H groups in total. The van der Waals surface area contributed by atoms with Crippen LogP contribution in [0.5, 0.6) is 0 Å². The van der Waals surface area contributed by atoms with Gasteiger partial charge in [0.25, 0.3) is 0 Å². The summed E-state index contributed by atoms with van der Waals surface area (Å²) in [6.45, 7) is 8.34. The summed E-state index contributed by atoms with van der Waals surface area (Å²) in [6.07, 6.45) is 0. The molecule has 2 aromatic rings. The lowest BCUT2D eigenvalue weighted by Gasteiger charge is -2.15. The fraction of sp³-hybridized carbons (Fsp3) is 0.333. The van der Waals surface area contributed by atoms with Gasteiger partial charge in [-0.15, -0.1) is 0 Å². The highest BCUT2D eigenvalue weighted by atomic mass is 35.5. The second-order valence-corrected chi connectivity index (χ2v) is 5.73.